The molecule has 1 unspecified atom stereocenters. The molecule has 8 heteroatoms. The third-order valence-electron chi connectivity index (χ3n) is 5.61. The summed E-state index contributed by atoms with van der Waals surface area (Å²) in [6, 6.07) is 15.6. The summed E-state index contributed by atoms with van der Waals surface area (Å²) < 4.78 is 33.6. The van der Waals surface area contributed by atoms with Gasteiger partial charge in [-0.1, -0.05) is 44.2 Å². The van der Waals surface area contributed by atoms with Crippen LogP contribution in [-0.2, 0) is 21.4 Å². The molecule has 0 aromatic heterocycles. The van der Waals surface area contributed by atoms with Crippen LogP contribution in [0.3, 0.4) is 0 Å². The van der Waals surface area contributed by atoms with Gasteiger partial charge in [0.15, 0.2) is 0 Å². The van der Waals surface area contributed by atoms with Crippen molar-refractivity contribution in [1.82, 2.24) is 14.5 Å². The second-order valence-electron chi connectivity index (χ2n) is 8.57. The number of carbonyl (C=O) groups excluding carboxylic acids is 1. The molecule has 7 nitrogen and oxygen atoms in total. The molecule has 1 fully saturated rings. The third-order valence-corrected chi connectivity index (χ3v) is 7.09. The molecule has 3 rings (SSSR count). The molecule has 1 aliphatic heterocycles. The van der Waals surface area contributed by atoms with Crippen molar-refractivity contribution in [2.24, 2.45) is 5.92 Å². The zero-order valence-electron chi connectivity index (χ0n) is 19.0. The van der Waals surface area contributed by atoms with Crippen LogP contribution in [0.4, 0.5) is 0 Å². The summed E-state index contributed by atoms with van der Waals surface area (Å²) in [5.41, 5.74) is 1.25. The van der Waals surface area contributed by atoms with Crippen LogP contribution >= 0.6 is 0 Å². The Balaban J connectivity index is 1.64. The molecule has 1 atom stereocenters. The minimum atomic E-state index is -3.83. The molecule has 32 heavy (non-hydrogen) atoms. The summed E-state index contributed by atoms with van der Waals surface area (Å²) >= 11 is 0. The molecule has 1 N–H and O–H groups in total. The Kier molecular flexibility index (Phi) is 8.28. The summed E-state index contributed by atoms with van der Waals surface area (Å²) in [4.78, 5) is 17.5. The van der Waals surface area contributed by atoms with Crippen molar-refractivity contribution in [2.75, 3.05) is 33.3 Å². The van der Waals surface area contributed by atoms with Gasteiger partial charge in [-0.25, -0.2) is 8.42 Å². The maximum absolute atomic E-state index is 13.3. The highest BCUT2D eigenvalue weighted by Crippen LogP contribution is 2.18. The number of piperazine rings is 1. The van der Waals surface area contributed by atoms with Gasteiger partial charge >= 0.3 is 0 Å². The number of rotatable bonds is 9. The van der Waals surface area contributed by atoms with E-state index in [0.717, 1.165) is 19.6 Å². The first-order chi connectivity index (χ1) is 15.3. The van der Waals surface area contributed by atoms with E-state index in [-0.39, 0.29) is 16.7 Å². The summed E-state index contributed by atoms with van der Waals surface area (Å²) in [6.07, 6.45) is 0.443. The van der Waals surface area contributed by atoms with E-state index in [2.05, 4.69) is 21.8 Å². The van der Waals surface area contributed by atoms with Gasteiger partial charge in [0.25, 0.3) is 0 Å². The molecule has 2 aromatic rings. The predicted octanol–water partition coefficient (Wildman–Crippen LogP) is 2.73. The number of nitrogens with one attached hydrogen (secondary N) is 1. The number of benzene rings is 2. The van der Waals surface area contributed by atoms with Crippen molar-refractivity contribution in [3.05, 3.63) is 60.2 Å². The maximum atomic E-state index is 13.3. The normalized spacial score (nSPS) is 16.2. The number of carbonyl (C=O) groups is 1. The molecule has 174 valence electrons. The van der Waals surface area contributed by atoms with Crippen LogP contribution < -0.4 is 9.46 Å². The molecule has 0 radical (unpaired) electrons. The van der Waals surface area contributed by atoms with Gasteiger partial charge in [-0.2, -0.15) is 4.72 Å². The first-order valence-corrected chi connectivity index (χ1v) is 12.5. The highest BCUT2D eigenvalue weighted by molar-refractivity contribution is 7.89. The van der Waals surface area contributed by atoms with E-state index in [4.69, 9.17) is 4.74 Å². The van der Waals surface area contributed by atoms with E-state index < -0.39 is 16.1 Å². The van der Waals surface area contributed by atoms with Crippen LogP contribution in [0, 0.1) is 5.92 Å². The molecule has 0 spiro atoms. The van der Waals surface area contributed by atoms with Gasteiger partial charge in [0.1, 0.15) is 11.8 Å². The fourth-order valence-electron chi connectivity index (χ4n) is 3.87. The Bertz CT molecular complexity index is 970. The Hall–Kier alpha value is -2.42. The Morgan fingerprint density at radius 2 is 1.62 bits per heavy atom. The van der Waals surface area contributed by atoms with Gasteiger partial charge in [-0.3, -0.25) is 9.69 Å². The molecule has 0 aliphatic carbocycles. The van der Waals surface area contributed by atoms with Crippen LogP contribution in [0.25, 0.3) is 0 Å². The molecule has 1 aliphatic rings. The fourth-order valence-corrected chi connectivity index (χ4v) is 5.07. The monoisotopic (exact) mass is 459 g/mol. The summed E-state index contributed by atoms with van der Waals surface area (Å²) in [7, 11) is -2.30. The predicted molar refractivity (Wildman–Crippen MR) is 125 cm³/mol. The van der Waals surface area contributed by atoms with E-state index in [1.54, 1.807) is 17.0 Å². The third kappa shape index (κ3) is 6.54. The number of sulfonamides is 1. The first-order valence-electron chi connectivity index (χ1n) is 11.0. The topological polar surface area (TPSA) is 78.9 Å². The van der Waals surface area contributed by atoms with Gasteiger partial charge in [0.05, 0.1) is 12.0 Å². The number of hydrogen-bond acceptors (Lipinski definition) is 5. The highest BCUT2D eigenvalue weighted by atomic mass is 32.2. The lowest BCUT2D eigenvalue weighted by Crippen LogP contribution is -2.55. The largest absolute Gasteiger partial charge is 0.497 e. The molecular weight excluding hydrogens is 426 g/mol. The van der Waals surface area contributed by atoms with Crippen LogP contribution in [0.15, 0.2) is 59.5 Å². The lowest BCUT2D eigenvalue weighted by Gasteiger charge is -2.36. The van der Waals surface area contributed by atoms with E-state index in [1.165, 1.54) is 24.8 Å². The number of amides is 1. The second kappa shape index (κ2) is 10.9. The molecule has 2 aromatic carbocycles. The number of ether oxygens (including phenoxy) is 1. The zero-order valence-corrected chi connectivity index (χ0v) is 19.8. The van der Waals surface area contributed by atoms with Gasteiger partial charge < -0.3 is 9.64 Å². The van der Waals surface area contributed by atoms with Crippen molar-refractivity contribution >= 4 is 15.9 Å². The Labute approximate surface area is 191 Å². The van der Waals surface area contributed by atoms with Gasteiger partial charge in [0, 0.05) is 32.7 Å². The quantitative estimate of drug-likeness (QED) is 0.624. The fraction of sp³-hybridized carbons (Fsp3) is 0.458. The molecule has 1 amide bonds. The van der Waals surface area contributed by atoms with Crippen LogP contribution in [0.1, 0.15) is 25.8 Å². The van der Waals surface area contributed by atoms with Crippen LogP contribution in [0.2, 0.25) is 0 Å². The average Bonchev–Trinajstić information content (AvgIpc) is 2.79. The molecule has 0 bridgehead atoms. The van der Waals surface area contributed by atoms with Crippen molar-refractivity contribution in [3.63, 3.8) is 0 Å². The van der Waals surface area contributed by atoms with Crippen molar-refractivity contribution in [1.29, 1.82) is 0 Å². The average molecular weight is 460 g/mol. The Morgan fingerprint density at radius 1 is 1.00 bits per heavy atom. The number of hydrogen-bond donors (Lipinski definition) is 1. The van der Waals surface area contributed by atoms with Gasteiger partial charge in [-0.05, 0) is 42.2 Å². The van der Waals surface area contributed by atoms with Crippen LogP contribution in [-0.4, -0.2) is 63.5 Å². The summed E-state index contributed by atoms with van der Waals surface area (Å²) in [6.45, 7) is 7.53. The molecule has 0 saturated carbocycles. The lowest BCUT2D eigenvalue weighted by molar-refractivity contribution is -0.135. The maximum Gasteiger partial charge on any atom is 0.241 e. The summed E-state index contributed by atoms with van der Waals surface area (Å²) in [5, 5.41) is 0. The lowest BCUT2D eigenvalue weighted by atomic mass is 10.0. The molecule has 1 heterocycles. The van der Waals surface area contributed by atoms with Crippen molar-refractivity contribution < 1.29 is 17.9 Å². The van der Waals surface area contributed by atoms with Gasteiger partial charge in [-0.15, -0.1) is 0 Å². The van der Waals surface area contributed by atoms with Crippen LogP contribution in [0.5, 0.6) is 5.75 Å². The van der Waals surface area contributed by atoms with E-state index >= 15 is 0 Å². The highest BCUT2D eigenvalue weighted by Gasteiger charge is 2.31. The first kappa shape index (κ1) is 24.2. The summed E-state index contributed by atoms with van der Waals surface area (Å²) in [5.74, 6) is 0.587. The van der Waals surface area contributed by atoms with Crippen molar-refractivity contribution in [2.45, 2.75) is 37.8 Å². The van der Waals surface area contributed by atoms with Gasteiger partial charge in [0.2, 0.25) is 15.9 Å². The zero-order chi connectivity index (χ0) is 23.1. The SMILES string of the molecule is COc1ccc(S(=O)(=O)NC(CC(C)C)C(=O)N2CCN(Cc3ccccc3)CC2)cc1. The Morgan fingerprint density at radius 3 is 2.19 bits per heavy atom. The van der Waals surface area contributed by atoms with E-state index in [0.29, 0.717) is 25.3 Å². The standard InChI is InChI=1S/C24H33N3O4S/c1-19(2)17-23(25-32(29,30)22-11-9-21(31-3)10-12-22)24(28)27-15-13-26(14-16-27)18-20-7-5-4-6-8-20/h4-12,19,23,25H,13-18H2,1-3H3. The van der Waals surface area contributed by atoms with Crippen molar-refractivity contribution in [3.8, 4) is 5.75 Å². The van der Waals surface area contributed by atoms with E-state index in [1.807, 2.05) is 32.0 Å². The molecule has 1 saturated heterocycles. The minimum absolute atomic E-state index is 0.118. The number of methoxy groups -OCH3 is 1. The minimum Gasteiger partial charge on any atom is -0.497 e. The molecular formula is C24H33N3O4S. The second-order valence-corrected chi connectivity index (χ2v) is 10.3. The number of nitrogens with zero attached hydrogens (tertiary/aromatic N) is 2. The smallest absolute Gasteiger partial charge is 0.241 e. The van der Waals surface area contributed by atoms with E-state index in [9.17, 15) is 13.2 Å².